The van der Waals surface area contributed by atoms with Crippen LogP contribution in [0.15, 0.2) is 48.5 Å². The van der Waals surface area contributed by atoms with Gasteiger partial charge in [0.2, 0.25) is 76.8 Å². The molecule has 0 spiro atoms. The second-order valence-electron chi connectivity index (χ2n) is 22.9. The van der Waals surface area contributed by atoms with Gasteiger partial charge in [-0.3, -0.25) is 67.1 Å². The van der Waals surface area contributed by atoms with Crippen molar-refractivity contribution in [3.63, 3.8) is 0 Å². The summed E-state index contributed by atoms with van der Waals surface area (Å²) in [7, 11) is 0. The lowest BCUT2D eigenvalue weighted by Gasteiger charge is -2.29. The number of carboxylic acid groups (broad SMARTS) is 1. The van der Waals surface area contributed by atoms with Crippen LogP contribution in [-0.2, 0) is 80.0 Å². The largest absolute Gasteiger partial charge is 0.508 e. The molecule has 13 amide bonds. The number of nitrogens with one attached hydrogen (secondary N) is 12. The second-order valence-corrected chi connectivity index (χ2v) is 22.9. The van der Waals surface area contributed by atoms with Crippen LogP contribution >= 0.6 is 0 Å². The van der Waals surface area contributed by atoms with Gasteiger partial charge in [-0.05, 0) is 99.2 Å². The summed E-state index contributed by atoms with van der Waals surface area (Å²) in [6.45, 7) is 11.5. The highest BCUT2D eigenvalue weighted by atomic mass is 16.4. The summed E-state index contributed by atoms with van der Waals surface area (Å²) >= 11 is 0. The number of hydrogen-bond acceptors (Lipinski definition) is 18. The summed E-state index contributed by atoms with van der Waals surface area (Å²) in [4.78, 5) is 184. The Bertz CT molecular complexity index is 2870. The van der Waals surface area contributed by atoms with Gasteiger partial charge in [0.05, 0.1) is 25.7 Å². The van der Waals surface area contributed by atoms with Crippen molar-refractivity contribution in [2.24, 2.45) is 29.2 Å². The summed E-state index contributed by atoms with van der Waals surface area (Å²) < 4.78 is 0. The van der Waals surface area contributed by atoms with Crippen LogP contribution in [0.25, 0.3) is 0 Å². The van der Waals surface area contributed by atoms with Crippen molar-refractivity contribution in [1.82, 2.24) is 63.8 Å². The average Bonchev–Trinajstić information content (AvgIpc) is 1.01. The number of unbranched alkanes of at least 4 members (excludes halogenated alkanes) is 1. The van der Waals surface area contributed by atoms with E-state index in [1.807, 2.05) is 0 Å². The minimum atomic E-state index is -1.81. The number of primary amides is 1. The number of hydrogen-bond donors (Lipinski definition) is 18. The Morgan fingerprint density at radius 3 is 1.30 bits per heavy atom. The van der Waals surface area contributed by atoms with Gasteiger partial charge >= 0.3 is 5.97 Å². The molecule has 20 N–H and O–H groups in total. The van der Waals surface area contributed by atoms with Crippen LogP contribution in [0.5, 0.6) is 11.5 Å². The lowest BCUT2D eigenvalue weighted by molar-refractivity contribution is -0.138. The molecule has 0 aliphatic rings. The van der Waals surface area contributed by atoms with E-state index in [1.165, 1.54) is 62.4 Å². The van der Waals surface area contributed by atoms with Crippen LogP contribution in [0.2, 0.25) is 0 Å². The van der Waals surface area contributed by atoms with Gasteiger partial charge in [0.15, 0.2) is 0 Å². The van der Waals surface area contributed by atoms with Gasteiger partial charge in [0.1, 0.15) is 65.9 Å². The van der Waals surface area contributed by atoms with Gasteiger partial charge in [0, 0.05) is 26.2 Å². The predicted octanol–water partition coefficient (Wildman–Crippen LogP) is -4.15. The van der Waals surface area contributed by atoms with Gasteiger partial charge in [-0.2, -0.15) is 0 Å². The first-order valence-electron chi connectivity index (χ1n) is 30.1. The molecule has 510 valence electrons. The van der Waals surface area contributed by atoms with Crippen molar-refractivity contribution in [1.29, 1.82) is 0 Å². The first-order valence-corrected chi connectivity index (χ1v) is 30.1. The smallest absolute Gasteiger partial charge is 0.303 e. The maximum absolute atomic E-state index is 14.2. The number of aromatic hydroxyl groups is 2. The molecule has 32 nitrogen and oxygen atoms in total. The number of carboxylic acids is 1. The van der Waals surface area contributed by atoms with Crippen LogP contribution in [-0.4, -0.2) is 190 Å². The fourth-order valence-corrected chi connectivity index (χ4v) is 8.82. The minimum Gasteiger partial charge on any atom is -0.508 e. The van der Waals surface area contributed by atoms with E-state index in [0.29, 0.717) is 30.4 Å². The van der Waals surface area contributed by atoms with E-state index in [4.69, 9.17) is 11.5 Å². The molecule has 2 rings (SSSR count). The van der Waals surface area contributed by atoms with Crippen molar-refractivity contribution in [3.8, 4) is 11.5 Å². The summed E-state index contributed by atoms with van der Waals surface area (Å²) in [6, 6.07) is -1.14. The number of aliphatic hydroxyl groups is 1. The molecule has 0 aromatic heterocycles. The number of rotatable bonds is 40. The number of phenols is 2. The molecular weight excluding hydrogens is 1200 g/mol. The third-order valence-corrected chi connectivity index (χ3v) is 14.4. The van der Waals surface area contributed by atoms with Crippen LogP contribution in [0.3, 0.4) is 0 Å². The molecule has 0 fully saturated rings. The van der Waals surface area contributed by atoms with Gasteiger partial charge in [-0.15, -0.1) is 0 Å². The molecule has 2 aromatic carbocycles. The second kappa shape index (κ2) is 39.6. The molecule has 0 aliphatic heterocycles. The van der Waals surface area contributed by atoms with Crippen molar-refractivity contribution in [2.75, 3.05) is 26.2 Å². The first-order chi connectivity index (χ1) is 43.2. The molecule has 0 saturated heterocycles. The van der Waals surface area contributed by atoms with Crippen LogP contribution in [0, 0.1) is 17.8 Å². The fraction of sp³-hybridized carbons (Fsp3) is 0.567. The summed E-state index contributed by atoms with van der Waals surface area (Å²) in [6.07, 6.45) is -1.74. The van der Waals surface area contributed by atoms with Crippen molar-refractivity contribution < 1.29 is 87.5 Å². The van der Waals surface area contributed by atoms with Crippen molar-refractivity contribution >= 4 is 82.8 Å². The number of benzene rings is 2. The van der Waals surface area contributed by atoms with E-state index >= 15 is 0 Å². The number of nitrogens with two attached hydrogens (primary N) is 2. The quantitative estimate of drug-likeness (QED) is 0.0282. The Kier molecular flexibility index (Phi) is 33.9. The normalized spacial score (nSPS) is 14.6. The SMILES string of the molecule is CC[C@H](C)[C@H](NC(C)=O)C(=O)NCC(=O)N[C@@H](CCC(=O)O)C(=O)NCC(=O)N[C@H](C(=O)N[C@@H](Cc1ccc(O)cc1)C(=O)NCC(=O)N[C@H](C(=O)N[C@H](C(=O)N[C@@H](Cc1ccc(O)cc1)C(=O)N[C@@H](CCCCN)C(=O)N[C@@H](C)C(N)=O)C(C)C)C(C)C)[C@@H](C)O. The number of phenolic OH excluding ortho intramolecular Hbond substituents is 2. The highest BCUT2D eigenvalue weighted by Gasteiger charge is 2.36. The fourth-order valence-electron chi connectivity index (χ4n) is 8.82. The maximum Gasteiger partial charge on any atom is 0.303 e. The molecule has 0 saturated carbocycles. The van der Waals surface area contributed by atoms with Gasteiger partial charge in [-0.1, -0.05) is 72.2 Å². The molecule has 0 heterocycles. The Balaban J connectivity index is 2.28. The third kappa shape index (κ3) is 28.6. The van der Waals surface area contributed by atoms with Crippen LogP contribution < -0.4 is 75.3 Å². The van der Waals surface area contributed by atoms with Gasteiger partial charge < -0.3 is 95.7 Å². The maximum atomic E-state index is 14.2. The molecular formula is C60H92N14O18. The summed E-state index contributed by atoms with van der Waals surface area (Å²) in [5.41, 5.74) is 11.9. The van der Waals surface area contributed by atoms with Crippen LogP contribution in [0.4, 0.5) is 0 Å². The van der Waals surface area contributed by atoms with E-state index in [0.717, 1.165) is 6.92 Å². The van der Waals surface area contributed by atoms with Crippen LogP contribution in [0.1, 0.15) is 112 Å². The van der Waals surface area contributed by atoms with E-state index in [1.54, 1.807) is 41.5 Å². The highest BCUT2D eigenvalue weighted by molar-refractivity contribution is 5.99. The number of carbonyl (C=O) groups is 14. The molecule has 0 unspecified atom stereocenters. The highest BCUT2D eigenvalue weighted by Crippen LogP contribution is 2.16. The van der Waals surface area contributed by atoms with Crippen molar-refractivity contribution in [2.45, 2.75) is 174 Å². The lowest BCUT2D eigenvalue weighted by Crippen LogP contribution is -2.61. The molecule has 0 bridgehead atoms. The average molecular weight is 1300 g/mol. The standard InChI is InChI=1S/C60H92N14O18/c1-10-32(6)50(67-35(9)76)57(89)65-27-44(79)68-41(22-23-47(82)83)53(85)63-29-46(81)73-51(34(8)75)60(92)70-42(25-36-14-18-38(77)19-15-36)54(86)64-28-45(80)72-48(30(2)3)59(91)74-49(31(4)5)58(90)71-43(26-37-16-20-39(78)21-17-37)56(88)69-40(13-11-12-24-61)55(87)66-33(7)52(62)84/h14-21,30-34,40-43,48-51,75,77-78H,10-13,22-29,61H2,1-9H3,(H2,62,84)(H,63,85)(H,64,86)(H,65,89)(H,66,87)(H,67,76)(H,68,79)(H,69,88)(H,70,92)(H,71,90)(H,72,80)(H,73,81)(H,74,91)(H,82,83)/t32-,33-,34+,40-,41-,42-,43-,48-,49-,50-,51-/m0/s1. The number of aliphatic hydroxyl groups excluding tert-OH is 1. The number of aliphatic carboxylic acids is 1. The molecule has 0 radical (unpaired) electrons. The molecule has 2 aromatic rings. The topological polar surface area (TPSA) is 516 Å². The first kappa shape index (κ1) is 78.6. The summed E-state index contributed by atoms with van der Waals surface area (Å²) in [5.74, 6) is -14.5. The van der Waals surface area contributed by atoms with Crippen molar-refractivity contribution in [3.05, 3.63) is 59.7 Å². The monoisotopic (exact) mass is 1300 g/mol. The number of carbonyl (C=O) groups excluding carboxylic acids is 13. The zero-order valence-corrected chi connectivity index (χ0v) is 53.3. The minimum absolute atomic E-state index is 0.0799. The molecule has 0 aliphatic carbocycles. The van der Waals surface area contributed by atoms with E-state index in [2.05, 4.69) is 63.8 Å². The zero-order valence-electron chi connectivity index (χ0n) is 53.3. The van der Waals surface area contributed by atoms with E-state index in [-0.39, 0.29) is 43.2 Å². The van der Waals surface area contributed by atoms with E-state index in [9.17, 15) is 87.5 Å². The van der Waals surface area contributed by atoms with Gasteiger partial charge in [-0.25, -0.2) is 0 Å². The molecule has 11 atom stereocenters. The number of amides is 13. The Morgan fingerprint density at radius 1 is 0.457 bits per heavy atom. The van der Waals surface area contributed by atoms with E-state index < -0.39 is 188 Å². The van der Waals surface area contributed by atoms with Gasteiger partial charge in [0.25, 0.3) is 0 Å². The summed E-state index contributed by atoms with van der Waals surface area (Å²) in [5, 5.41) is 69.2. The Morgan fingerprint density at radius 2 is 0.859 bits per heavy atom. The lowest BCUT2D eigenvalue weighted by atomic mass is 9.98. The molecule has 92 heavy (non-hydrogen) atoms. The predicted molar refractivity (Wildman–Crippen MR) is 331 cm³/mol. The molecule has 32 heteroatoms. The zero-order chi connectivity index (χ0) is 69.5. The Hall–Kier alpha value is -9.46. The Labute approximate surface area is 533 Å². The third-order valence-electron chi connectivity index (χ3n) is 14.4.